The van der Waals surface area contributed by atoms with Gasteiger partial charge in [-0.15, -0.1) is 0 Å². The summed E-state index contributed by atoms with van der Waals surface area (Å²) in [5.41, 5.74) is -1.73. The minimum atomic E-state index is -4.83. The van der Waals surface area contributed by atoms with Crippen LogP contribution in [0.3, 0.4) is 0 Å². The molecule has 1 saturated carbocycles. The predicted molar refractivity (Wildman–Crippen MR) is 59.1 cm³/mol. The second kappa shape index (κ2) is 5.19. The highest BCUT2D eigenvalue weighted by atomic mass is 19.4. The summed E-state index contributed by atoms with van der Waals surface area (Å²) < 4.78 is 55.7. The van der Waals surface area contributed by atoms with E-state index in [1.807, 2.05) is 0 Å². The van der Waals surface area contributed by atoms with Crippen molar-refractivity contribution in [3.05, 3.63) is 35.1 Å². The Morgan fingerprint density at radius 3 is 2.42 bits per heavy atom. The molecule has 6 heteroatoms. The zero-order chi connectivity index (χ0) is 14.0. The van der Waals surface area contributed by atoms with E-state index in [1.54, 1.807) is 0 Å². The van der Waals surface area contributed by atoms with Crippen molar-refractivity contribution in [3.63, 3.8) is 0 Å². The maximum atomic E-state index is 13.1. The molecule has 0 amide bonds. The van der Waals surface area contributed by atoms with Crippen LogP contribution in [-0.2, 0) is 10.9 Å². The maximum absolute atomic E-state index is 13.1. The van der Waals surface area contributed by atoms with Gasteiger partial charge >= 0.3 is 12.1 Å². The third-order valence-electron chi connectivity index (χ3n) is 3.08. The highest BCUT2D eigenvalue weighted by molar-refractivity contribution is 5.89. The van der Waals surface area contributed by atoms with Crippen molar-refractivity contribution in [3.8, 4) is 0 Å². The lowest BCUT2D eigenvalue weighted by molar-refractivity contribution is -0.140. The van der Waals surface area contributed by atoms with E-state index < -0.39 is 23.5 Å². The van der Waals surface area contributed by atoms with E-state index in [0.29, 0.717) is 12.1 Å². The van der Waals surface area contributed by atoms with Crippen molar-refractivity contribution in [1.82, 2.24) is 0 Å². The molecule has 0 heterocycles. The van der Waals surface area contributed by atoms with Crippen LogP contribution < -0.4 is 0 Å². The number of hydrogen-bond acceptors (Lipinski definition) is 2. The highest BCUT2D eigenvalue weighted by Gasteiger charge is 2.35. The fourth-order valence-corrected chi connectivity index (χ4v) is 2.10. The molecule has 0 N–H and O–H groups in total. The molecule has 19 heavy (non-hydrogen) atoms. The lowest BCUT2D eigenvalue weighted by Crippen LogP contribution is -2.16. The Morgan fingerprint density at radius 1 is 1.21 bits per heavy atom. The zero-order valence-electron chi connectivity index (χ0n) is 9.97. The number of rotatable bonds is 2. The summed E-state index contributed by atoms with van der Waals surface area (Å²) in [5, 5.41) is 0. The Bertz CT molecular complexity index is 476. The third-order valence-corrected chi connectivity index (χ3v) is 3.08. The predicted octanol–water partition coefficient (Wildman–Crippen LogP) is 3.94. The minimum absolute atomic E-state index is 0.244. The monoisotopic (exact) mass is 276 g/mol. The van der Waals surface area contributed by atoms with E-state index in [9.17, 15) is 22.4 Å². The number of esters is 1. The van der Waals surface area contributed by atoms with Crippen LogP contribution in [0.15, 0.2) is 18.2 Å². The third kappa shape index (κ3) is 3.24. The van der Waals surface area contributed by atoms with E-state index in [0.717, 1.165) is 31.7 Å². The Hall–Kier alpha value is -1.59. The van der Waals surface area contributed by atoms with Crippen LogP contribution in [0.25, 0.3) is 0 Å². The standard InChI is InChI=1S/C13H12F4O2/c14-11-6-5-8(7-10(11)13(15,16)17)12(18)19-9-3-1-2-4-9/h5-7,9H,1-4H2. The van der Waals surface area contributed by atoms with Crippen molar-refractivity contribution in [1.29, 1.82) is 0 Å². The van der Waals surface area contributed by atoms with E-state index in [1.165, 1.54) is 0 Å². The van der Waals surface area contributed by atoms with E-state index >= 15 is 0 Å². The molecule has 0 spiro atoms. The molecule has 0 aromatic heterocycles. The normalized spacial score (nSPS) is 16.6. The molecule has 2 rings (SSSR count). The van der Waals surface area contributed by atoms with Gasteiger partial charge in [0.15, 0.2) is 0 Å². The second-order valence-corrected chi connectivity index (χ2v) is 4.50. The molecule has 2 nitrogen and oxygen atoms in total. The number of halogens is 4. The molecule has 0 aliphatic heterocycles. The van der Waals surface area contributed by atoms with Crippen LogP contribution in [0.1, 0.15) is 41.6 Å². The summed E-state index contributed by atoms with van der Waals surface area (Å²) in [6.45, 7) is 0. The van der Waals surface area contributed by atoms with Crippen molar-refractivity contribution in [2.24, 2.45) is 0 Å². The Morgan fingerprint density at radius 2 is 1.84 bits per heavy atom. The molecule has 1 aromatic carbocycles. The lowest BCUT2D eigenvalue weighted by Gasteiger charge is -2.13. The Labute approximate surface area is 107 Å². The fraction of sp³-hybridized carbons (Fsp3) is 0.462. The van der Waals surface area contributed by atoms with Crippen LogP contribution in [0.4, 0.5) is 17.6 Å². The molecule has 0 unspecified atom stereocenters. The number of carbonyl (C=O) groups excluding carboxylic acids is 1. The molecule has 0 bridgehead atoms. The van der Waals surface area contributed by atoms with Gasteiger partial charge < -0.3 is 4.74 Å². The van der Waals surface area contributed by atoms with Crippen LogP contribution in [0, 0.1) is 5.82 Å². The fourth-order valence-electron chi connectivity index (χ4n) is 2.10. The van der Waals surface area contributed by atoms with Gasteiger partial charge in [0.25, 0.3) is 0 Å². The van der Waals surface area contributed by atoms with E-state index in [-0.39, 0.29) is 11.7 Å². The summed E-state index contributed by atoms with van der Waals surface area (Å²) in [4.78, 5) is 11.7. The van der Waals surface area contributed by atoms with Gasteiger partial charge in [0.2, 0.25) is 0 Å². The first kappa shape index (κ1) is 13.8. The number of carbonyl (C=O) groups is 1. The molecule has 1 fully saturated rings. The van der Waals surface area contributed by atoms with Gasteiger partial charge in [-0.2, -0.15) is 13.2 Å². The number of hydrogen-bond donors (Lipinski definition) is 0. The summed E-state index contributed by atoms with van der Waals surface area (Å²) in [6.07, 6.45) is -1.75. The molecule has 0 radical (unpaired) electrons. The van der Waals surface area contributed by atoms with Crippen molar-refractivity contribution >= 4 is 5.97 Å². The quantitative estimate of drug-likeness (QED) is 0.604. The summed E-state index contributed by atoms with van der Waals surface area (Å²) in [6, 6.07) is 2.13. The van der Waals surface area contributed by atoms with Gasteiger partial charge in [-0.3, -0.25) is 0 Å². The average Bonchev–Trinajstić information content (AvgIpc) is 2.80. The highest BCUT2D eigenvalue weighted by Crippen LogP contribution is 2.32. The number of benzene rings is 1. The second-order valence-electron chi connectivity index (χ2n) is 4.50. The first-order chi connectivity index (χ1) is 8.88. The Kier molecular flexibility index (Phi) is 3.78. The Balaban J connectivity index is 2.18. The van der Waals surface area contributed by atoms with Crippen molar-refractivity contribution < 1.29 is 27.1 Å². The smallest absolute Gasteiger partial charge is 0.419 e. The van der Waals surface area contributed by atoms with Gasteiger partial charge in [-0.25, -0.2) is 9.18 Å². The van der Waals surface area contributed by atoms with Gasteiger partial charge in [0.05, 0.1) is 11.1 Å². The van der Waals surface area contributed by atoms with Crippen LogP contribution in [0.2, 0.25) is 0 Å². The van der Waals surface area contributed by atoms with Crippen LogP contribution in [0.5, 0.6) is 0 Å². The molecular weight excluding hydrogens is 264 g/mol. The largest absolute Gasteiger partial charge is 0.459 e. The van der Waals surface area contributed by atoms with Crippen molar-refractivity contribution in [2.75, 3.05) is 0 Å². The summed E-state index contributed by atoms with van der Waals surface area (Å²) >= 11 is 0. The average molecular weight is 276 g/mol. The van der Waals surface area contributed by atoms with Crippen molar-refractivity contribution in [2.45, 2.75) is 38.0 Å². The van der Waals surface area contributed by atoms with Gasteiger partial charge in [-0.05, 0) is 43.9 Å². The summed E-state index contributed by atoms with van der Waals surface area (Å²) in [7, 11) is 0. The molecule has 0 atom stereocenters. The topological polar surface area (TPSA) is 26.3 Å². The number of ether oxygens (including phenoxy) is 1. The molecule has 1 aliphatic carbocycles. The first-order valence-electron chi connectivity index (χ1n) is 5.95. The maximum Gasteiger partial charge on any atom is 0.419 e. The van der Waals surface area contributed by atoms with E-state index in [2.05, 4.69) is 0 Å². The zero-order valence-corrected chi connectivity index (χ0v) is 9.97. The van der Waals surface area contributed by atoms with Gasteiger partial charge in [-0.1, -0.05) is 0 Å². The van der Waals surface area contributed by atoms with E-state index in [4.69, 9.17) is 4.74 Å². The molecule has 104 valence electrons. The molecule has 1 aromatic rings. The molecule has 0 saturated heterocycles. The molecule has 1 aliphatic rings. The van der Waals surface area contributed by atoms with Crippen LogP contribution in [-0.4, -0.2) is 12.1 Å². The molecular formula is C13H12F4O2. The first-order valence-corrected chi connectivity index (χ1v) is 5.95. The SMILES string of the molecule is O=C(OC1CCCC1)c1ccc(F)c(C(F)(F)F)c1. The lowest BCUT2D eigenvalue weighted by atomic mass is 10.1. The van der Waals surface area contributed by atoms with Gasteiger partial charge in [0.1, 0.15) is 11.9 Å². The minimum Gasteiger partial charge on any atom is -0.459 e. The van der Waals surface area contributed by atoms with Crippen LogP contribution >= 0.6 is 0 Å². The van der Waals surface area contributed by atoms with Gasteiger partial charge in [0, 0.05) is 0 Å². The number of alkyl halides is 3. The summed E-state index contributed by atoms with van der Waals surface area (Å²) in [5.74, 6) is -2.23.